The molecule has 13 heteroatoms. The van der Waals surface area contributed by atoms with Gasteiger partial charge in [-0.2, -0.15) is 5.21 Å². The highest BCUT2D eigenvalue weighted by atomic mass is 35.5. The van der Waals surface area contributed by atoms with Gasteiger partial charge in [-0.25, -0.2) is 0 Å². The van der Waals surface area contributed by atoms with E-state index in [-0.39, 0.29) is 29.7 Å². The van der Waals surface area contributed by atoms with E-state index >= 15 is 0 Å². The fourth-order valence-electron chi connectivity index (χ4n) is 7.00. The van der Waals surface area contributed by atoms with Crippen molar-refractivity contribution in [3.05, 3.63) is 82.4 Å². The Morgan fingerprint density at radius 3 is 2.27 bits per heavy atom. The number of hydrogen-bond acceptors (Lipinski definition) is 8. The number of aromatic nitrogens is 4. The number of nitrogens with zero attached hydrogens (tertiary/aromatic N) is 4. The van der Waals surface area contributed by atoms with Crippen molar-refractivity contribution in [2.24, 2.45) is 17.6 Å². The van der Waals surface area contributed by atoms with Crippen molar-refractivity contribution < 1.29 is 14.4 Å². The van der Waals surface area contributed by atoms with E-state index in [4.69, 9.17) is 17.3 Å². The second-order valence-electron chi connectivity index (χ2n) is 13.9. The highest BCUT2D eigenvalue weighted by Crippen LogP contribution is 2.33. The number of anilines is 1. The van der Waals surface area contributed by atoms with Crippen molar-refractivity contribution >= 4 is 35.0 Å². The van der Waals surface area contributed by atoms with Crippen LogP contribution in [0.5, 0.6) is 0 Å². The Labute approximate surface area is 303 Å². The Morgan fingerprint density at radius 1 is 0.941 bits per heavy atom. The van der Waals surface area contributed by atoms with Gasteiger partial charge in [0, 0.05) is 40.8 Å². The lowest BCUT2D eigenvalue weighted by Crippen LogP contribution is -2.48. The van der Waals surface area contributed by atoms with Crippen LogP contribution in [0.15, 0.2) is 60.7 Å². The minimum atomic E-state index is -0.805. The van der Waals surface area contributed by atoms with Crippen molar-refractivity contribution in [1.82, 2.24) is 36.2 Å². The predicted octanol–water partition coefficient (Wildman–Crippen LogP) is 4.75. The molecule has 1 atom stereocenters. The number of halogens is 1. The van der Waals surface area contributed by atoms with Crippen LogP contribution in [0.25, 0.3) is 22.5 Å². The summed E-state index contributed by atoms with van der Waals surface area (Å²) in [6.45, 7) is 4.43. The van der Waals surface area contributed by atoms with Gasteiger partial charge in [-0.15, -0.1) is 10.2 Å². The van der Waals surface area contributed by atoms with Gasteiger partial charge in [-0.3, -0.25) is 14.4 Å². The van der Waals surface area contributed by atoms with Crippen molar-refractivity contribution in [2.45, 2.75) is 64.0 Å². The zero-order valence-electron chi connectivity index (χ0n) is 29.1. The average molecular weight is 712 g/mol. The summed E-state index contributed by atoms with van der Waals surface area (Å²) in [7, 11) is 2.10. The van der Waals surface area contributed by atoms with Gasteiger partial charge in [0.1, 0.15) is 6.04 Å². The molecule has 4 aromatic rings. The number of piperidine rings is 1. The Hall–Kier alpha value is -4.65. The van der Waals surface area contributed by atoms with E-state index in [0.29, 0.717) is 41.0 Å². The van der Waals surface area contributed by atoms with Crippen LogP contribution in [0, 0.1) is 18.8 Å². The number of nitrogens with two attached hydrogens (primary N) is 1. The molecule has 2 heterocycles. The number of hydrogen-bond donors (Lipinski definition) is 5. The lowest BCUT2D eigenvalue weighted by molar-refractivity contribution is -0.130. The second-order valence-corrected chi connectivity index (χ2v) is 14.2. The number of likely N-dealkylation sites (tertiary alicyclic amines) is 1. The monoisotopic (exact) mass is 711 g/mol. The van der Waals surface area contributed by atoms with Crippen LogP contribution in [-0.2, 0) is 16.0 Å². The molecule has 51 heavy (non-hydrogen) atoms. The number of benzene rings is 3. The van der Waals surface area contributed by atoms with Crippen LogP contribution in [0.4, 0.5) is 5.69 Å². The number of carbonyl (C=O) groups is 3. The third-order valence-corrected chi connectivity index (χ3v) is 10.8. The smallest absolute Gasteiger partial charge is 0.251 e. The number of carbonyl (C=O) groups excluding carboxylic acids is 3. The van der Waals surface area contributed by atoms with Gasteiger partial charge in [-0.1, -0.05) is 41.9 Å². The first-order chi connectivity index (χ1) is 24.7. The highest BCUT2D eigenvalue weighted by Gasteiger charge is 2.30. The first kappa shape index (κ1) is 36.2. The third kappa shape index (κ3) is 8.99. The van der Waals surface area contributed by atoms with Gasteiger partial charge in [0.25, 0.3) is 5.91 Å². The number of amides is 3. The molecule has 0 bridgehead atoms. The summed E-state index contributed by atoms with van der Waals surface area (Å²) in [6.07, 6.45) is 5.48. The highest BCUT2D eigenvalue weighted by molar-refractivity contribution is 6.34. The summed E-state index contributed by atoms with van der Waals surface area (Å²) in [5, 5.41) is 23.7. The van der Waals surface area contributed by atoms with E-state index in [1.54, 1.807) is 24.3 Å². The summed E-state index contributed by atoms with van der Waals surface area (Å²) < 4.78 is 0. The largest absolute Gasteiger partial charge is 0.349 e. The molecule has 2 aliphatic rings. The maximum atomic E-state index is 13.7. The van der Waals surface area contributed by atoms with E-state index in [2.05, 4.69) is 48.5 Å². The molecule has 1 aliphatic heterocycles. The molecule has 1 aliphatic carbocycles. The van der Waals surface area contributed by atoms with Crippen LogP contribution >= 0.6 is 11.6 Å². The van der Waals surface area contributed by atoms with Gasteiger partial charge in [0.15, 0.2) is 0 Å². The first-order valence-electron chi connectivity index (χ1n) is 17.7. The number of rotatable bonds is 11. The van der Waals surface area contributed by atoms with E-state index in [1.165, 1.54) is 0 Å². The quantitative estimate of drug-likeness (QED) is 0.148. The normalized spacial score (nSPS) is 18.9. The fraction of sp³-hybridized carbons (Fsp3) is 0.421. The van der Waals surface area contributed by atoms with E-state index < -0.39 is 6.04 Å². The Balaban J connectivity index is 1.15. The molecule has 3 aromatic carbocycles. The fourth-order valence-corrected chi connectivity index (χ4v) is 7.28. The van der Waals surface area contributed by atoms with Crippen molar-refractivity contribution in [3.8, 4) is 22.5 Å². The Bertz CT molecular complexity index is 1800. The number of H-pyrrole nitrogens is 1. The molecule has 1 saturated heterocycles. The number of nitrogens with one attached hydrogen (secondary N) is 4. The molecule has 0 unspecified atom stereocenters. The zero-order chi connectivity index (χ0) is 35.9. The molecule has 1 saturated carbocycles. The molecule has 0 radical (unpaired) electrons. The van der Waals surface area contributed by atoms with Crippen LogP contribution in [0.1, 0.15) is 60.0 Å². The second kappa shape index (κ2) is 16.6. The lowest BCUT2D eigenvalue weighted by atomic mass is 9.81. The molecule has 12 nitrogen and oxygen atoms in total. The minimum Gasteiger partial charge on any atom is -0.349 e. The zero-order valence-corrected chi connectivity index (χ0v) is 29.9. The average Bonchev–Trinajstić information content (AvgIpc) is 3.69. The van der Waals surface area contributed by atoms with Crippen LogP contribution < -0.4 is 21.7 Å². The molecule has 2 fully saturated rings. The minimum absolute atomic E-state index is 0.104. The summed E-state index contributed by atoms with van der Waals surface area (Å²) in [4.78, 5) is 42.6. The summed E-state index contributed by atoms with van der Waals surface area (Å²) in [5.74, 6) is 0.204. The van der Waals surface area contributed by atoms with Crippen molar-refractivity contribution in [1.29, 1.82) is 0 Å². The SMILES string of the molecule is Cc1c(C(=O)NC2CCN(C)CC2)ccc(-c2ccc(C[C@H](NC(=O)C3CCC(CN)CC3)C(=O)Nc3ccc(-c4nn[nH]n4)cc3)cc2)c1Cl. The van der Waals surface area contributed by atoms with Gasteiger partial charge in [0.05, 0.1) is 5.02 Å². The molecule has 1 aromatic heterocycles. The molecule has 268 valence electrons. The van der Waals surface area contributed by atoms with E-state index in [9.17, 15) is 14.4 Å². The van der Waals surface area contributed by atoms with E-state index in [0.717, 1.165) is 79.4 Å². The standard InChI is InChI=1S/C38H46ClN9O3/c1-23-31(37(50)41-30-17-19-48(2)20-18-30)15-16-32(34(23)39)26-7-3-24(4-8-26)21-33(43-36(49)28-9-5-25(22-40)6-10-28)38(51)42-29-13-11-27(12-14-29)35-44-46-47-45-35/h3-4,7-8,11-16,25,28,30,33H,5-6,9-10,17-22,40H2,1-2H3,(H,41,50)(H,42,51)(H,43,49)(H,44,45,46,47)/t25?,28?,33-/m0/s1. The first-order valence-corrected chi connectivity index (χ1v) is 18.1. The Kier molecular flexibility index (Phi) is 11.8. The van der Waals surface area contributed by atoms with Gasteiger partial charge in [-0.05, 0) is 130 Å². The predicted molar refractivity (Wildman–Crippen MR) is 198 cm³/mol. The summed E-state index contributed by atoms with van der Waals surface area (Å²) in [5.41, 5.74) is 11.1. The van der Waals surface area contributed by atoms with Crippen molar-refractivity contribution in [3.63, 3.8) is 0 Å². The summed E-state index contributed by atoms with van der Waals surface area (Å²) >= 11 is 6.86. The maximum Gasteiger partial charge on any atom is 0.251 e. The summed E-state index contributed by atoms with van der Waals surface area (Å²) in [6, 6.07) is 18.0. The molecule has 0 spiro atoms. The molecular weight excluding hydrogens is 666 g/mol. The maximum absolute atomic E-state index is 13.7. The lowest BCUT2D eigenvalue weighted by Gasteiger charge is -2.29. The molecule has 3 amide bonds. The van der Waals surface area contributed by atoms with E-state index in [1.807, 2.05) is 43.3 Å². The third-order valence-electron chi connectivity index (χ3n) is 10.3. The molecule has 6 rings (SSSR count). The molecule has 6 N–H and O–H groups in total. The van der Waals surface area contributed by atoms with Gasteiger partial charge >= 0.3 is 0 Å². The number of tetrazole rings is 1. The van der Waals surface area contributed by atoms with Gasteiger partial charge in [0.2, 0.25) is 17.6 Å². The Morgan fingerprint density at radius 2 is 1.63 bits per heavy atom. The topological polar surface area (TPSA) is 171 Å². The van der Waals surface area contributed by atoms with Crippen LogP contribution in [-0.4, -0.2) is 82.0 Å². The van der Waals surface area contributed by atoms with Crippen LogP contribution in [0.2, 0.25) is 5.02 Å². The van der Waals surface area contributed by atoms with Crippen molar-refractivity contribution in [2.75, 3.05) is 32.0 Å². The van der Waals surface area contributed by atoms with Crippen LogP contribution in [0.3, 0.4) is 0 Å². The van der Waals surface area contributed by atoms with Gasteiger partial charge < -0.3 is 26.6 Å². The molecular formula is C38H46ClN9O3. The number of aromatic amines is 1.